The fraction of sp³-hybridized carbons (Fsp3) is 0.286. The zero-order chi connectivity index (χ0) is 12.5. The van der Waals surface area contributed by atoms with Gasteiger partial charge in [0.25, 0.3) is 0 Å². The number of hydrogen-bond acceptors (Lipinski definition) is 3. The zero-order valence-electron chi connectivity index (χ0n) is 10.1. The molecule has 2 aromatic rings. The summed E-state index contributed by atoms with van der Waals surface area (Å²) in [6.45, 7) is 1.46. The van der Waals surface area contributed by atoms with Crippen LogP contribution in [0.4, 0.5) is 0 Å². The number of ether oxygens (including phenoxy) is 1. The van der Waals surface area contributed by atoms with Crippen molar-refractivity contribution in [2.75, 3.05) is 7.05 Å². The molecule has 1 aliphatic heterocycles. The van der Waals surface area contributed by atoms with E-state index in [2.05, 4.69) is 23.5 Å². The number of nitrogens with one attached hydrogen (secondary N) is 1. The van der Waals surface area contributed by atoms with Crippen LogP contribution < -0.4 is 5.32 Å². The predicted octanol–water partition coefficient (Wildman–Crippen LogP) is 3.74. The Hall–Kier alpha value is -0.870. The van der Waals surface area contributed by atoms with E-state index in [9.17, 15) is 0 Å². The first-order valence-electron chi connectivity index (χ1n) is 5.89. The first-order valence-corrected chi connectivity index (χ1v) is 7.15. The van der Waals surface area contributed by atoms with Crippen molar-refractivity contribution in [2.24, 2.45) is 0 Å². The van der Waals surface area contributed by atoms with Crippen LogP contribution in [0.25, 0.3) is 0 Å². The van der Waals surface area contributed by atoms with Gasteiger partial charge in [0.1, 0.15) is 0 Å². The van der Waals surface area contributed by atoms with Gasteiger partial charge < -0.3 is 10.1 Å². The van der Waals surface area contributed by atoms with Crippen molar-refractivity contribution in [1.82, 2.24) is 5.32 Å². The molecule has 0 aliphatic carbocycles. The molecular weight excluding hydrogens is 266 g/mol. The molecule has 0 fully saturated rings. The van der Waals surface area contributed by atoms with Crippen LogP contribution in [-0.4, -0.2) is 7.05 Å². The standard InChI is InChI=1S/C14H14ClNOS/c1-16-13(14-12(15)4-5-18-14)9-2-3-10-7-17-8-11(10)6-9/h2-6,13,16H,7-8H2,1H3. The maximum Gasteiger partial charge on any atom is 0.0725 e. The highest BCUT2D eigenvalue weighted by Gasteiger charge is 2.19. The minimum absolute atomic E-state index is 0.156. The molecule has 1 aromatic carbocycles. The molecule has 1 aliphatic rings. The van der Waals surface area contributed by atoms with E-state index in [1.54, 1.807) is 11.3 Å². The normalized spacial score (nSPS) is 15.7. The third kappa shape index (κ3) is 2.08. The molecule has 18 heavy (non-hydrogen) atoms. The van der Waals surface area contributed by atoms with E-state index in [0.717, 1.165) is 23.1 Å². The Morgan fingerprint density at radius 2 is 2.11 bits per heavy atom. The van der Waals surface area contributed by atoms with Gasteiger partial charge in [-0.15, -0.1) is 11.3 Å². The second kappa shape index (κ2) is 5.02. The largest absolute Gasteiger partial charge is 0.372 e. The number of thiophene rings is 1. The number of fused-ring (bicyclic) bond motifs is 1. The number of benzene rings is 1. The first kappa shape index (κ1) is 12.2. The summed E-state index contributed by atoms with van der Waals surface area (Å²) in [6.07, 6.45) is 0. The van der Waals surface area contributed by atoms with E-state index < -0.39 is 0 Å². The summed E-state index contributed by atoms with van der Waals surface area (Å²) in [6, 6.07) is 8.64. The molecule has 3 rings (SSSR count). The van der Waals surface area contributed by atoms with Gasteiger partial charge in [-0.2, -0.15) is 0 Å². The molecule has 0 saturated heterocycles. The second-order valence-electron chi connectivity index (χ2n) is 4.38. The molecule has 4 heteroatoms. The van der Waals surface area contributed by atoms with Gasteiger partial charge in [-0.05, 0) is 35.2 Å². The van der Waals surface area contributed by atoms with Crippen LogP contribution in [0.15, 0.2) is 29.6 Å². The summed E-state index contributed by atoms with van der Waals surface area (Å²) in [7, 11) is 1.96. The predicted molar refractivity (Wildman–Crippen MR) is 75.2 cm³/mol. The third-order valence-corrected chi connectivity index (χ3v) is 4.70. The van der Waals surface area contributed by atoms with E-state index in [-0.39, 0.29) is 6.04 Å². The lowest BCUT2D eigenvalue weighted by molar-refractivity contribution is 0.134. The molecule has 2 nitrogen and oxygen atoms in total. The van der Waals surface area contributed by atoms with Crippen molar-refractivity contribution in [3.8, 4) is 0 Å². The summed E-state index contributed by atoms with van der Waals surface area (Å²) < 4.78 is 5.45. The Morgan fingerprint density at radius 1 is 1.28 bits per heavy atom. The van der Waals surface area contributed by atoms with Gasteiger partial charge in [0.05, 0.1) is 24.3 Å². The molecule has 94 valence electrons. The lowest BCUT2D eigenvalue weighted by atomic mass is 10.00. The Bertz CT molecular complexity index is 567. The average molecular weight is 280 g/mol. The van der Waals surface area contributed by atoms with Crippen LogP contribution in [-0.2, 0) is 18.0 Å². The molecule has 1 N–H and O–H groups in total. The smallest absolute Gasteiger partial charge is 0.0725 e. The third-order valence-electron chi connectivity index (χ3n) is 3.27. The van der Waals surface area contributed by atoms with Crippen LogP contribution >= 0.6 is 22.9 Å². The van der Waals surface area contributed by atoms with Crippen LogP contribution in [0.2, 0.25) is 5.02 Å². The molecule has 1 aromatic heterocycles. The molecule has 0 bridgehead atoms. The molecule has 0 radical (unpaired) electrons. The van der Waals surface area contributed by atoms with Crippen molar-refractivity contribution < 1.29 is 4.74 Å². The van der Waals surface area contributed by atoms with Crippen molar-refractivity contribution in [2.45, 2.75) is 19.3 Å². The highest BCUT2D eigenvalue weighted by molar-refractivity contribution is 7.10. The molecule has 2 heterocycles. The van der Waals surface area contributed by atoms with Gasteiger partial charge in [0.15, 0.2) is 0 Å². The second-order valence-corrected chi connectivity index (χ2v) is 5.73. The Labute approximate surface area is 116 Å². The Morgan fingerprint density at radius 3 is 2.83 bits per heavy atom. The van der Waals surface area contributed by atoms with Crippen molar-refractivity contribution in [3.05, 3.63) is 56.2 Å². The minimum Gasteiger partial charge on any atom is -0.372 e. The summed E-state index contributed by atoms with van der Waals surface area (Å²) in [5, 5.41) is 6.19. The first-order chi connectivity index (χ1) is 8.79. The topological polar surface area (TPSA) is 21.3 Å². The van der Waals surface area contributed by atoms with Crippen LogP contribution in [0.1, 0.15) is 27.6 Å². The fourth-order valence-corrected chi connectivity index (χ4v) is 3.63. The van der Waals surface area contributed by atoms with E-state index in [1.807, 2.05) is 18.5 Å². The summed E-state index contributed by atoms with van der Waals surface area (Å²) >= 11 is 7.91. The highest BCUT2D eigenvalue weighted by Crippen LogP contribution is 2.34. The van der Waals surface area contributed by atoms with Gasteiger partial charge in [-0.25, -0.2) is 0 Å². The van der Waals surface area contributed by atoms with Gasteiger partial charge in [0.2, 0.25) is 0 Å². The van der Waals surface area contributed by atoms with Gasteiger partial charge in [-0.3, -0.25) is 0 Å². The van der Waals surface area contributed by atoms with Crippen molar-refractivity contribution in [1.29, 1.82) is 0 Å². The zero-order valence-corrected chi connectivity index (χ0v) is 11.6. The summed E-state index contributed by atoms with van der Waals surface area (Å²) in [4.78, 5) is 1.16. The van der Waals surface area contributed by atoms with E-state index in [1.165, 1.54) is 16.7 Å². The fourth-order valence-electron chi connectivity index (χ4n) is 2.33. The maximum atomic E-state index is 6.23. The molecule has 0 amide bonds. The quantitative estimate of drug-likeness (QED) is 0.924. The van der Waals surface area contributed by atoms with Gasteiger partial charge >= 0.3 is 0 Å². The Kier molecular flexibility index (Phi) is 3.39. The van der Waals surface area contributed by atoms with Crippen molar-refractivity contribution in [3.63, 3.8) is 0 Å². The van der Waals surface area contributed by atoms with Crippen LogP contribution in [0.5, 0.6) is 0 Å². The number of halogens is 1. The highest BCUT2D eigenvalue weighted by atomic mass is 35.5. The molecular formula is C14H14ClNOS. The van der Waals surface area contributed by atoms with Crippen LogP contribution in [0, 0.1) is 0 Å². The Balaban J connectivity index is 2.00. The molecule has 0 spiro atoms. The lowest BCUT2D eigenvalue weighted by Gasteiger charge is -2.16. The van der Waals surface area contributed by atoms with Crippen molar-refractivity contribution >= 4 is 22.9 Å². The minimum atomic E-state index is 0.156. The lowest BCUT2D eigenvalue weighted by Crippen LogP contribution is -2.17. The summed E-state index contributed by atoms with van der Waals surface area (Å²) in [5.41, 5.74) is 3.83. The number of hydrogen-bond donors (Lipinski definition) is 1. The molecule has 1 unspecified atom stereocenters. The van der Waals surface area contributed by atoms with E-state index >= 15 is 0 Å². The molecule has 1 atom stereocenters. The molecule has 0 saturated carbocycles. The maximum absolute atomic E-state index is 6.23. The van der Waals surface area contributed by atoms with Gasteiger partial charge in [-0.1, -0.05) is 29.8 Å². The summed E-state index contributed by atoms with van der Waals surface area (Å²) in [5.74, 6) is 0. The number of rotatable bonds is 3. The average Bonchev–Trinajstić information content (AvgIpc) is 2.99. The van der Waals surface area contributed by atoms with E-state index in [4.69, 9.17) is 16.3 Å². The van der Waals surface area contributed by atoms with Gasteiger partial charge in [0, 0.05) is 4.88 Å². The monoisotopic (exact) mass is 279 g/mol. The van der Waals surface area contributed by atoms with E-state index in [0.29, 0.717) is 0 Å². The van der Waals surface area contributed by atoms with Crippen LogP contribution in [0.3, 0.4) is 0 Å². The SMILES string of the molecule is CNC(c1ccc2c(c1)COC2)c1sccc1Cl.